The number of fused-ring (bicyclic) bond motifs is 2. The van der Waals surface area contributed by atoms with Gasteiger partial charge in [-0.25, -0.2) is 17.3 Å². The van der Waals surface area contributed by atoms with Crippen molar-refractivity contribution >= 4 is 11.0 Å². The summed E-state index contributed by atoms with van der Waals surface area (Å²) in [5.41, 5.74) is 0. The van der Waals surface area contributed by atoms with Crippen LogP contribution in [0.1, 0.15) is 19.8 Å². The quantitative estimate of drug-likeness (QED) is 0.810. The first kappa shape index (κ1) is 12.2. The highest BCUT2D eigenvalue weighted by molar-refractivity contribution is 7.82. The first-order valence-corrected chi connectivity index (χ1v) is 7.28. The number of halogens is 2. The Bertz CT molecular complexity index is 478. The first-order valence-electron chi connectivity index (χ1n) is 6.18. The molecule has 18 heavy (non-hydrogen) atoms. The predicted octanol–water partition coefficient (Wildman–Crippen LogP) is 2.67. The monoisotopic (exact) mass is 271 g/mol. The fraction of sp³-hybridized carbons (Fsp3) is 0.538. The topological polar surface area (TPSA) is 20.3 Å². The largest absolute Gasteiger partial charge is 0.246 e. The number of hydrogen-bond donors (Lipinski definition) is 0. The summed E-state index contributed by atoms with van der Waals surface area (Å²) in [6.45, 7) is 2.00. The highest BCUT2D eigenvalue weighted by atomic mass is 32.2. The van der Waals surface area contributed by atoms with Crippen molar-refractivity contribution in [3.05, 3.63) is 30.1 Å². The van der Waals surface area contributed by atoms with Crippen LogP contribution in [0.15, 0.2) is 29.2 Å². The Labute approximate surface area is 108 Å². The molecule has 98 valence electrons. The summed E-state index contributed by atoms with van der Waals surface area (Å²) in [7, 11) is -1.39. The molecule has 0 radical (unpaired) electrons. The van der Waals surface area contributed by atoms with E-state index in [0.29, 0.717) is 17.2 Å². The maximum atomic E-state index is 13.7. The third-order valence-electron chi connectivity index (χ3n) is 4.11. The van der Waals surface area contributed by atoms with Crippen LogP contribution in [0.25, 0.3) is 0 Å². The van der Waals surface area contributed by atoms with Gasteiger partial charge in [0.1, 0.15) is 23.0 Å². The van der Waals surface area contributed by atoms with Gasteiger partial charge in [0.15, 0.2) is 0 Å². The second-order valence-corrected chi connectivity index (χ2v) is 6.51. The molecular formula is C13H15F2NOS. The Morgan fingerprint density at radius 3 is 2.56 bits per heavy atom. The summed E-state index contributed by atoms with van der Waals surface area (Å²) in [6, 6.07) is 5.50. The van der Waals surface area contributed by atoms with Gasteiger partial charge in [0.05, 0.1) is 10.9 Å². The third-order valence-corrected chi connectivity index (χ3v) is 5.77. The van der Waals surface area contributed by atoms with Crippen LogP contribution in [0.2, 0.25) is 0 Å². The molecule has 1 aliphatic heterocycles. The van der Waals surface area contributed by atoms with Crippen LogP contribution in [-0.2, 0) is 11.0 Å². The molecule has 1 aromatic carbocycles. The summed E-state index contributed by atoms with van der Waals surface area (Å²) in [5, 5.41) is 0. The van der Waals surface area contributed by atoms with Gasteiger partial charge in [0.25, 0.3) is 0 Å². The van der Waals surface area contributed by atoms with Gasteiger partial charge in [0.2, 0.25) is 0 Å². The molecule has 1 aromatic rings. The highest BCUT2D eigenvalue weighted by Gasteiger charge is 2.52. The average Bonchev–Trinajstić information content (AvgIpc) is 2.86. The zero-order valence-electron chi connectivity index (χ0n) is 10.1. The number of piperidine rings is 1. The van der Waals surface area contributed by atoms with Crippen molar-refractivity contribution in [1.29, 1.82) is 0 Å². The van der Waals surface area contributed by atoms with Crippen molar-refractivity contribution in [2.24, 2.45) is 5.92 Å². The number of nitrogens with zero attached hydrogens (tertiary/aromatic N) is 1. The molecule has 1 aliphatic carbocycles. The van der Waals surface area contributed by atoms with Crippen LogP contribution in [0, 0.1) is 11.7 Å². The van der Waals surface area contributed by atoms with E-state index in [4.69, 9.17) is 0 Å². The molecule has 1 heterocycles. The standard InChI is InChI=1S/C13H15F2NOS/c1-8-9-6-12(15)13(7-9)16(8)18(17)11-4-2-10(14)3-5-11/h2-5,8-9,12-13H,6-7H2,1H3. The molecule has 3 rings (SSSR count). The predicted molar refractivity (Wildman–Crippen MR) is 65.5 cm³/mol. The zero-order valence-corrected chi connectivity index (χ0v) is 10.9. The van der Waals surface area contributed by atoms with E-state index in [9.17, 15) is 13.0 Å². The molecule has 2 aliphatic rings. The van der Waals surface area contributed by atoms with Gasteiger partial charge < -0.3 is 0 Å². The van der Waals surface area contributed by atoms with Crippen molar-refractivity contribution in [2.45, 2.75) is 42.9 Å². The van der Waals surface area contributed by atoms with E-state index in [1.54, 1.807) is 4.31 Å². The molecule has 0 amide bonds. The minimum absolute atomic E-state index is 0.132. The summed E-state index contributed by atoms with van der Waals surface area (Å²) < 4.78 is 40.8. The van der Waals surface area contributed by atoms with Crippen molar-refractivity contribution in [3.8, 4) is 0 Å². The lowest BCUT2D eigenvalue weighted by molar-refractivity contribution is 0.158. The van der Waals surface area contributed by atoms with Crippen LogP contribution < -0.4 is 0 Å². The average molecular weight is 271 g/mol. The Morgan fingerprint density at radius 1 is 1.28 bits per heavy atom. The van der Waals surface area contributed by atoms with E-state index in [2.05, 4.69) is 0 Å². The fourth-order valence-corrected chi connectivity index (χ4v) is 4.66. The Hall–Kier alpha value is -0.810. The summed E-state index contributed by atoms with van der Waals surface area (Å²) in [6.07, 6.45) is 0.494. The van der Waals surface area contributed by atoms with Crippen LogP contribution >= 0.6 is 0 Å². The Kier molecular flexibility index (Phi) is 2.98. The molecule has 1 saturated carbocycles. The van der Waals surface area contributed by atoms with Gasteiger partial charge in [-0.05, 0) is 49.9 Å². The van der Waals surface area contributed by atoms with E-state index >= 15 is 0 Å². The molecule has 0 spiro atoms. The lowest BCUT2D eigenvalue weighted by Crippen LogP contribution is -2.45. The minimum Gasteiger partial charge on any atom is -0.246 e. The van der Waals surface area contributed by atoms with Gasteiger partial charge in [-0.1, -0.05) is 0 Å². The summed E-state index contributed by atoms with van der Waals surface area (Å²) in [4.78, 5) is 0.544. The van der Waals surface area contributed by atoms with E-state index < -0.39 is 17.2 Å². The molecule has 0 N–H and O–H groups in total. The maximum Gasteiger partial charge on any atom is 0.128 e. The normalized spacial score (nSPS) is 37.1. The molecule has 5 unspecified atom stereocenters. The van der Waals surface area contributed by atoms with Gasteiger partial charge in [-0.2, -0.15) is 0 Å². The molecule has 2 nitrogen and oxygen atoms in total. The molecule has 2 bridgehead atoms. The zero-order chi connectivity index (χ0) is 12.9. The lowest BCUT2D eigenvalue weighted by atomic mass is 10.0. The maximum absolute atomic E-state index is 13.7. The van der Waals surface area contributed by atoms with Gasteiger partial charge in [-0.15, -0.1) is 0 Å². The fourth-order valence-electron chi connectivity index (χ4n) is 3.11. The molecule has 0 aromatic heterocycles. The van der Waals surface area contributed by atoms with Crippen molar-refractivity contribution in [2.75, 3.05) is 0 Å². The smallest absolute Gasteiger partial charge is 0.128 e. The van der Waals surface area contributed by atoms with Crippen LogP contribution in [0.4, 0.5) is 8.78 Å². The molecule has 1 saturated heterocycles. The molecular weight excluding hydrogens is 256 g/mol. The van der Waals surface area contributed by atoms with Crippen LogP contribution in [0.3, 0.4) is 0 Å². The second kappa shape index (κ2) is 4.38. The number of hydrogen-bond acceptors (Lipinski definition) is 1. The van der Waals surface area contributed by atoms with E-state index in [-0.39, 0.29) is 17.9 Å². The summed E-state index contributed by atoms with van der Waals surface area (Å²) in [5.74, 6) is -0.0514. The number of alkyl halides is 1. The first-order chi connectivity index (χ1) is 8.58. The van der Waals surface area contributed by atoms with Crippen molar-refractivity contribution in [3.63, 3.8) is 0 Å². The van der Waals surface area contributed by atoms with Gasteiger partial charge in [0, 0.05) is 6.04 Å². The van der Waals surface area contributed by atoms with Crippen molar-refractivity contribution in [1.82, 2.24) is 4.31 Å². The van der Waals surface area contributed by atoms with Crippen LogP contribution in [-0.4, -0.2) is 26.8 Å². The SMILES string of the molecule is CC1C2CC(F)C(C2)N1S(=O)c1ccc(F)cc1. The molecule has 2 fully saturated rings. The van der Waals surface area contributed by atoms with E-state index in [1.165, 1.54) is 24.3 Å². The Morgan fingerprint density at radius 2 is 1.94 bits per heavy atom. The lowest BCUT2D eigenvalue weighted by Gasteiger charge is -2.33. The molecule has 5 atom stereocenters. The molecule has 5 heteroatoms. The van der Waals surface area contributed by atoms with Crippen molar-refractivity contribution < 1.29 is 13.0 Å². The number of benzene rings is 1. The van der Waals surface area contributed by atoms with Gasteiger partial charge in [-0.3, -0.25) is 0 Å². The minimum atomic E-state index is -1.39. The Balaban J connectivity index is 1.87. The van der Waals surface area contributed by atoms with E-state index in [0.717, 1.165) is 6.42 Å². The summed E-state index contributed by atoms with van der Waals surface area (Å²) >= 11 is 0. The number of rotatable bonds is 2. The van der Waals surface area contributed by atoms with Gasteiger partial charge >= 0.3 is 0 Å². The second-order valence-electron chi connectivity index (χ2n) is 5.12. The third kappa shape index (κ3) is 1.80. The highest BCUT2D eigenvalue weighted by Crippen LogP contribution is 2.45. The van der Waals surface area contributed by atoms with Crippen LogP contribution in [0.5, 0.6) is 0 Å². The van der Waals surface area contributed by atoms with E-state index in [1.807, 2.05) is 6.92 Å².